The summed E-state index contributed by atoms with van der Waals surface area (Å²) in [4.78, 5) is 28.2. The third-order valence-electron chi connectivity index (χ3n) is 6.51. The molecule has 0 radical (unpaired) electrons. The minimum Gasteiger partial charge on any atom is -0.375 e. The van der Waals surface area contributed by atoms with Gasteiger partial charge in [-0.2, -0.15) is 9.97 Å². The molecule has 4 aromatic rings. The zero-order chi connectivity index (χ0) is 25.8. The van der Waals surface area contributed by atoms with Crippen molar-refractivity contribution in [2.45, 2.75) is 39.3 Å². The summed E-state index contributed by atoms with van der Waals surface area (Å²) in [5, 5.41) is 6.91. The SMILES string of the molecule is CCN(C(=O)c1ccc(CNc2nc(Cl)nc(C3CCc4ccccc4N3)n2)cc1)c1cccc(C)c1. The number of nitrogens with one attached hydrogen (secondary N) is 2. The summed E-state index contributed by atoms with van der Waals surface area (Å²) in [6, 6.07) is 23.8. The molecule has 1 amide bonds. The Kier molecular flexibility index (Phi) is 7.32. The van der Waals surface area contributed by atoms with Crippen LogP contribution >= 0.6 is 11.6 Å². The van der Waals surface area contributed by atoms with E-state index >= 15 is 0 Å². The van der Waals surface area contributed by atoms with Crippen LogP contribution < -0.4 is 15.5 Å². The molecule has 8 heteroatoms. The van der Waals surface area contributed by atoms with Crippen LogP contribution in [0.1, 0.15) is 52.3 Å². The molecule has 0 aliphatic carbocycles. The first-order valence-corrected chi connectivity index (χ1v) is 12.8. The second-order valence-corrected chi connectivity index (χ2v) is 9.46. The van der Waals surface area contributed by atoms with Crippen LogP contribution in [0.3, 0.4) is 0 Å². The standard InChI is InChI=1S/C29H29ClN6O/c1-3-36(23-9-6-7-19(2)17-23)27(37)22-13-11-20(12-14-22)18-31-29-34-26(33-28(30)35-29)25-16-15-21-8-4-5-10-24(21)32-25/h4-14,17,25,32H,3,15-16,18H2,1-2H3,(H,31,33,34,35). The molecule has 0 saturated heterocycles. The van der Waals surface area contributed by atoms with Gasteiger partial charge < -0.3 is 15.5 Å². The molecular weight excluding hydrogens is 484 g/mol. The number of fused-ring (bicyclic) bond motifs is 1. The zero-order valence-corrected chi connectivity index (χ0v) is 21.7. The van der Waals surface area contributed by atoms with Crippen molar-refractivity contribution in [3.05, 3.63) is 106 Å². The Bertz CT molecular complexity index is 1410. The van der Waals surface area contributed by atoms with Gasteiger partial charge in [0.15, 0.2) is 5.82 Å². The van der Waals surface area contributed by atoms with E-state index in [0.29, 0.717) is 30.4 Å². The van der Waals surface area contributed by atoms with E-state index < -0.39 is 0 Å². The Morgan fingerprint density at radius 1 is 1.05 bits per heavy atom. The summed E-state index contributed by atoms with van der Waals surface area (Å²) in [6.07, 6.45) is 1.83. The Morgan fingerprint density at radius 3 is 2.65 bits per heavy atom. The van der Waals surface area contributed by atoms with E-state index in [1.54, 1.807) is 4.90 Å². The fraction of sp³-hybridized carbons (Fsp3) is 0.241. The van der Waals surface area contributed by atoms with Crippen molar-refractivity contribution < 1.29 is 4.79 Å². The molecule has 7 nitrogen and oxygen atoms in total. The average molecular weight is 513 g/mol. The summed E-state index contributed by atoms with van der Waals surface area (Å²) >= 11 is 6.24. The van der Waals surface area contributed by atoms with Gasteiger partial charge in [0.2, 0.25) is 11.2 Å². The van der Waals surface area contributed by atoms with Gasteiger partial charge in [0, 0.05) is 30.0 Å². The Balaban J connectivity index is 1.25. The number of para-hydroxylation sites is 1. The van der Waals surface area contributed by atoms with Crippen molar-refractivity contribution in [2.24, 2.45) is 0 Å². The Labute approximate surface area is 221 Å². The van der Waals surface area contributed by atoms with E-state index in [9.17, 15) is 4.79 Å². The van der Waals surface area contributed by atoms with Crippen molar-refractivity contribution in [1.82, 2.24) is 15.0 Å². The summed E-state index contributed by atoms with van der Waals surface area (Å²) in [7, 11) is 0. The number of hydrogen-bond acceptors (Lipinski definition) is 6. The monoisotopic (exact) mass is 512 g/mol. The van der Waals surface area contributed by atoms with E-state index in [1.807, 2.05) is 68.4 Å². The number of anilines is 3. The van der Waals surface area contributed by atoms with E-state index in [4.69, 9.17) is 11.6 Å². The van der Waals surface area contributed by atoms with E-state index in [0.717, 1.165) is 35.3 Å². The largest absolute Gasteiger partial charge is 0.375 e. The molecule has 188 valence electrons. The van der Waals surface area contributed by atoms with Crippen molar-refractivity contribution in [3.8, 4) is 0 Å². The first-order chi connectivity index (χ1) is 18.0. The molecule has 0 saturated carbocycles. The van der Waals surface area contributed by atoms with Gasteiger partial charge in [-0.15, -0.1) is 0 Å². The van der Waals surface area contributed by atoms with E-state index in [-0.39, 0.29) is 17.2 Å². The first kappa shape index (κ1) is 24.7. The highest BCUT2D eigenvalue weighted by Crippen LogP contribution is 2.31. The minimum absolute atomic E-state index is 0.0249. The number of aryl methyl sites for hydroxylation is 2. The van der Waals surface area contributed by atoms with E-state index in [1.165, 1.54) is 5.56 Å². The lowest BCUT2D eigenvalue weighted by atomic mass is 9.98. The third-order valence-corrected chi connectivity index (χ3v) is 6.68. The summed E-state index contributed by atoms with van der Waals surface area (Å²) < 4.78 is 0. The second-order valence-electron chi connectivity index (χ2n) is 9.12. The molecule has 1 atom stereocenters. The number of benzene rings is 3. The molecule has 1 unspecified atom stereocenters. The molecule has 2 heterocycles. The van der Waals surface area contributed by atoms with Gasteiger partial charge in [0.25, 0.3) is 5.91 Å². The Hall–Kier alpha value is -3.97. The molecule has 37 heavy (non-hydrogen) atoms. The third kappa shape index (κ3) is 5.73. The molecule has 2 N–H and O–H groups in total. The maximum absolute atomic E-state index is 13.1. The minimum atomic E-state index is -0.0313. The normalized spacial score (nSPS) is 14.4. The second kappa shape index (κ2) is 11.0. The fourth-order valence-electron chi connectivity index (χ4n) is 4.57. The predicted octanol–water partition coefficient (Wildman–Crippen LogP) is 6.21. The molecule has 5 rings (SSSR count). The van der Waals surface area contributed by atoms with Crippen LogP contribution in [0, 0.1) is 6.92 Å². The first-order valence-electron chi connectivity index (χ1n) is 12.5. The quantitative estimate of drug-likeness (QED) is 0.306. The molecule has 1 aliphatic rings. The van der Waals surface area contributed by atoms with E-state index in [2.05, 4.69) is 43.8 Å². The number of halogens is 1. The Morgan fingerprint density at radius 2 is 1.86 bits per heavy atom. The molecule has 3 aromatic carbocycles. The number of amides is 1. The number of hydrogen-bond donors (Lipinski definition) is 2. The highest BCUT2D eigenvalue weighted by Gasteiger charge is 2.22. The van der Waals surface area contributed by atoms with Gasteiger partial charge in [0.05, 0.1) is 6.04 Å². The van der Waals surface area contributed by atoms with Crippen LogP contribution in [0.4, 0.5) is 17.3 Å². The molecular formula is C29H29ClN6O. The van der Waals surface area contributed by atoms with Gasteiger partial charge in [-0.1, -0.05) is 42.5 Å². The topological polar surface area (TPSA) is 83.0 Å². The number of rotatable bonds is 7. The van der Waals surface area contributed by atoms with Gasteiger partial charge in [-0.05, 0) is 85.3 Å². The van der Waals surface area contributed by atoms with Crippen molar-refractivity contribution in [2.75, 3.05) is 22.1 Å². The van der Waals surface area contributed by atoms with Gasteiger partial charge >= 0.3 is 0 Å². The van der Waals surface area contributed by atoms with Gasteiger partial charge in [-0.25, -0.2) is 4.98 Å². The van der Waals surface area contributed by atoms with Crippen molar-refractivity contribution in [3.63, 3.8) is 0 Å². The van der Waals surface area contributed by atoms with Crippen LogP contribution in [-0.4, -0.2) is 27.4 Å². The molecule has 1 aromatic heterocycles. The fourth-order valence-corrected chi connectivity index (χ4v) is 4.74. The van der Waals surface area contributed by atoms with Crippen LogP contribution in [0.5, 0.6) is 0 Å². The van der Waals surface area contributed by atoms with Crippen molar-refractivity contribution >= 4 is 34.8 Å². The zero-order valence-electron chi connectivity index (χ0n) is 20.9. The maximum atomic E-state index is 13.1. The van der Waals surface area contributed by atoms with Gasteiger partial charge in [0.1, 0.15) is 0 Å². The molecule has 1 aliphatic heterocycles. The van der Waals surface area contributed by atoms with Crippen LogP contribution in [-0.2, 0) is 13.0 Å². The number of aromatic nitrogens is 3. The number of carbonyl (C=O) groups is 1. The lowest BCUT2D eigenvalue weighted by Gasteiger charge is -2.26. The number of nitrogens with zero attached hydrogens (tertiary/aromatic N) is 4. The van der Waals surface area contributed by atoms with Crippen LogP contribution in [0.25, 0.3) is 0 Å². The maximum Gasteiger partial charge on any atom is 0.258 e. The summed E-state index contributed by atoms with van der Waals surface area (Å²) in [5.74, 6) is 1.02. The van der Waals surface area contributed by atoms with Crippen LogP contribution in [0.2, 0.25) is 5.28 Å². The molecule has 0 bridgehead atoms. The average Bonchev–Trinajstić information content (AvgIpc) is 2.92. The smallest absolute Gasteiger partial charge is 0.258 e. The summed E-state index contributed by atoms with van der Waals surface area (Å²) in [6.45, 7) is 5.09. The predicted molar refractivity (Wildman–Crippen MR) is 148 cm³/mol. The number of carbonyl (C=O) groups excluding carboxylic acids is 1. The molecule has 0 spiro atoms. The highest BCUT2D eigenvalue weighted by atomic mass is 35.5. The van der Waals surface area contributed by atoms with Gasteiger partial charge in [-0.3, -0.25) is 4.79 Å². The summed E-state index contributed by atoms with van der Waals surface area (Å²) in [5.41, 5.74) is 6.05. The lowest BCUT2D eigenvalue weighted by molar-refractivity contribution is 0.0988. The molecule has 0 fully saturated rings. The van der Waals surface area contributed by atoms with Crippen LogP contribution in [0.15, 0.2) is 72.8 Å². The van der Waals surface area contributed by atoms with Crippen molar-refractivity contribution in [1.29, 1.82) is 0 Å². The highest BCUT2D eigenvalue weighted by molar-refractivity contribution is 6.28. The lowest BCUT2D eigenvalue weighted by Crippen LogP contribution is -2.30.